The maximum atomic E-state index is 8.76. The molecule has 0 radical (unpaired) electrons. The van der Waals surface area contributed by atoms with Crippen LogP contribution in [0, 0.1) is 11.3 Å². The first-order chi connectivity index (χ1) is 8.83. The number of hydrogen-bond donors (Lipinski definition) is 0. The first-order valence-electron chi connectivity index (χ1n) is 6.74. The normalized spacial score (nSPS) is 18.0. The van der Waals surface area contributed by atoms with Gasteiger partial charge < -0.3 is 4.74 Å². The number of nitrogens with zero attached hydrogens (tertiary/aromatic N) is 2. The van der Waals surface area contributed by atoms with Crippen LogP contribution in [-0.4, -0.2) is 24.2 Å². The molecule has 0 saturated carbocycles. The molecular weight excluding hydrogens is 224 g/mol. The van der Waals surface area contributed by atoms with Crippen molar-refractivity contribution in [1.82, 2.24) is 4.90 Å². The second-order valence-corrected chi connectivity index (χ2v) is 4.71. The molecule has 3 nitrogen and oxygen atoms in total. The lowest BCUT2D eigenvalue weighted by Crippen LogP contribution is -2.42. The quantitative estimate of drug-likeness (QED) is 0.816. The first-order valence-corrected chi connectivity index (χ1v) is 6.74. The molecular formula is C15H20N2O. The van der Waals surface area contributed by atoms with E-state index in [-0.39, 0.29) is 6.23 Å². The Bertz CT molecular complexity index is 401. The molecule has 1 unspecified atom stereocenters. The van der Waals surface area contributed by atoms with E-state index in [0.29, 0.717) is 5.56 Å². The Kier molecular flexibility index (Phi) is 4.60. The third-order valence-corrected chi connectivity index (χ3v) is 3.40. The zero-order valence-corrected chi connectivity index (χ0v) is 10.9. The van der Waals surface area contributed by atoms with E-state index in [9.17, 15) is 0 Å². The zero-order valence-electron chi connectivity index (χ0n) is 10.9. The lowest BCUT2D eigenvalue weighted by molar-refractivity contribution is 0.00982. The monoisotopic (exact) mass is 244 g/mol. The summed E-state index contributed by atoms with van der Waals surface area (Å²) in [6, 6.07) is 9.49. The van der Waals surface area contributed by atoms with Crippen LogP contribution in [0.5, 0.6) is 5.75 Å². The van der Waals surface area contributed by atoms with Crippen molar-refractivity contribution in [3.05, 3.63) is 29.8 Å². The smallest absolute Gasteiger partial charge is 0.152 e. The topological polar surface area (TPSA) is 36.3 Å². The average Bonchev–Trinajstić information content (AvgIpc) is 2.46. The van der Waals surface area contributed by atoms with Gasteiger partial charge in [-0.2, -0.15) is 5.26 Å². The van der Waals surface area contributed by atoms with E-state index in [4.69, 9.17) is 10.00 Å². The van der Waals surface area contributed by atoms with Gasteiger partial charge in [-0.3, -0.25) is 4.90 Å². The SMILES string of the molecule is CCC(Oc1ccc(C#N)cc1)N1CCCCC1. The second kappa shape index (κ2) is 6.42. The van der Waals surface area contributed by atoms with Crippen LogP contribution < -0.4 is 4.74 Å². The summed E-state index contributed by atoms with van der Waals surface area (Å²) in [6.07, 6.45) is 5.03. The van der Waals surface area contributed by atoms with E-state index in [1.807, 2.05) is 12.1 Å². The van der Waals surface area contributed by atoms with Gasteiger partial charge in [-0.15, -0.1) is 0 Å². The van der Waals surface area contributed by atoms with E-state index in [0.717, 1.165) is 25.3 Å². The van der Waals surface area contributed by atoms with Gasteiger partial charge in [0.2, 0.25) is 0 Å². The largest absolute Gasteiger partial charge is 0.475 e. The molecule has 1 aromatic carbocycles. The number of rotatable bonds is 4. The molecule has 0 N–H and O–H groups in total. The highest BCUT2D eigenvalue weighted by molar-refractivity contribution is 5.34. The molecule has 1 aliphatic rings. The fourth-order valence-corrected chi connectivity index (χ4v) is 2.39. The summed E-state index contributed by atoms with van der Waals surface area (Å²) in [6.45, 7) is 4.42. The van der Waals surface area contributed by atoms with E-state index in [1.165, 1.54) is 19.3 Å². The van der Waals surface area contributed by atoms with Crippen LogP contribution in [0.15, 0.2) is 24.3 Å². The Labute approximate surface area is 109 Å². The van der Waals surface area contributed by atoms with Crippen molar-refractivity contribution >= 4 is 0 Å². The van der Waals surface area contributed by atoms with E-state index in [2.05, 4.69) is 17.9 Å². The van der Waals surface area contributed by atoms with Crippen LogP contribution in [0.3, 0.4) is 0 Å². The minimum atomic E-state index is 0.165. The molecule has 96 valence electrons. The van der Waals surface area contributed by atoms with Crippen LogP contribution in [0.4, 0.5) is 0 Å². The predicted molar refractivity (Wildman–Crippen MR) is 71.3 cm³/mol. The summed E-state index contributed by atoms with van der Waals surface area (Å²) in [4.78, 5) is 2.42. The van der Waals surface area contributed by atoms with E-state index in [1.54, 1.807) is 12.1 Å². The Morgan fingerprint density at radius 2 is 1.89 bits per heavy atom. The summed E-state index contributed by atoms with van der Waals surface area (Å²) in [5.74, 6) is 0.853. The highest BCUT2D eigenvalue weighted by Crippen LogP contribution is 2.19. The first kappa shape index (κ1) is 12.9. The van der Waals surface area contributed by atoms with Gasteiger partial charge in [0.25, 0.3) is 0 Å². The van der Waals surface area contributed by atoms with Crippen molar-refractivity contribution in [2.75, 3.05) is 13.1 Å². The fraction of sp³-hybridized carbons (Fsp3) is 0.533. The number of hydrogen-bond acceptors (Lipinski definition) is 3. The van der Waals surface area contributed by atoms with Crippen LogP contribution in [0.25, 0.3) is 0 Å². The van der Waals surface area contributed by atoms with Crippen LogP contribution >= 0.6 is 0 Å². The number of nitriles is 1. The minimum Gasteiger partial charge on any atom is -0.475 e. The van der Waals surface area contributed by atoms with Gasteiger partial charge in [0, 0.05) is 13.1 Å². The van der Waals surface area contributed by atoms with Gasteiger partial charge in [-0.25, -0.2) is 0 Å². The Morgan fingerprint density at radius 3 is 2.44 bits per heavy atom. The van der Waals surface area contributed by atoms with Gasteiger partial charge in [-0.1, -0.05) is 13.3 Å². The molecule has 3 heteroatoms. The average molecular weight is 244 g/mol. The molecule has 0 spiro atoms. The Morgan fingerprint density at radius 1 is 1.22 bits per heavy atom. The molecule has 1 saturated heterocycles. The third kappa shape index (κ3) is 3.24. The minimum absolute atomic E-state index is 0.165. The zero-order chi connectivity index (χ0) is 12.8. The predicted octanol–water partition coefficient (Wildman–Crippen LogP) is 3.16. The van der Waals surface area contributed by atoms with Gasteiger partial charge in [0.1, 0.15) is 5.75 Å². The highest BCUT2D eigenvalue weighted by Gasteiger charge is 2.20. The molecule has 0 aliphatic carbocycles. The highest BCUT2D eigenvalue weighted by atomic mass is 16.5. The third-order valence-electron chi connectivity index (χ3n) is 3.40. The van der Waals surface area contributed by atoms with Gasteiger partial charge in [0.05, 0.1) is 11.6 Å². The summed E-state index contributed by atoms with van der Waals surface area (Å²) in [5, 5.41) is 8.76. The number of piperidine rings is 1. The van der Waals surface area contributed by atoms with Gasteiger partial charge >= 0.3 is 0 Å². The number of benzene rings is 1. The standard InChI is InChI=1S/C15H20N2O/c1-2-15(17-10-4-3-5-11-17)18-14-8-6-13(12-16)7-9-14/h6-9,15H,2-5,10-11H2,1H3. The molecule has 1 aromatic rings. The van der Waals surface area contributed by atoms with Crippen molar-refractivity contribution in [1.29, 1.82) is 5.26 Å². The summed E-state index contributed by atoms with van der Waals surface area (Å²) in [5.41, 5.74) is 0.674. The van der Waals surface area contributed by atoms with Gasteiger partial charge in [0.15, 0.2) is 6.23 Å². The molecule has 0 amide bonds. The van der Waals surface area contributed by atoms with Gasteiger partial charge in [-0.05, 0) is 43.5 Å². The molecule has 2 rings (SSSR count). The summed E-state index contributed by atoms with van der Waals surface area (Å²) in [7, 11) is 0. The van der Waals surface area contributed by atoms with Crippen LogP contribution in [-0.2, 0) is 0 Å². The van der Waals surface area contributed by atoms with Crippen molar-refractivity contribution in [3.63, 3.8) is 0 Å². The number of likely N-dealkylation sites (tertiary alicyclic amines) is 1. The van der Waals surface area contributed by atoms with Crippen molar-refractivity contribution in [2.45, 2.75) is 38.8 Å². The molecule has 1 atom stereocenters. The van der Waals surface area contributed by atoms with Crippen molar-refractivity contribution in [2.24, 2.45) is 0 Å². The lowest BCUT2D eigenvalue weighted by Gasteiger charge is -2.33. The summed E-state index contributed by atoms with van der Waals surface area (Å²) < 4.78 is 6.02. The molecule has 0 aromatic heterocycles. The molecule has 1 heterocycles. The molecule has 1 aliphatic heterocycles. The second-order valence-electron chi connectivity index (χ2n) is 4.71. The maximum Gasteiger partial charge on any atom is 0.152 e. The van der Waals surface area contributed by atoms with E-state index < -0.39 is 0 Å². The lowest BCUT2D eigenvalue weighted by atomic mass is 10.1. The van der Waals surface area contributed by atoms with E-state index >= 15 is 0 Å². The molecule has 1 fully saturated rings. The summed E-state index contributed by atoms with van der Waals surface area (Å²) >= 11 is 0. The van der Waals surface area contributed by atoms with Crippen molar-refractivity contribution < 1.29 is 4.74 Å². The fourth-order valence-electron chi connectivity index (χ4n) is 2.39. The Hall–Kier alpha value is -1.53. The molecule has 0 bridgehead atoms. The van der Waals surface area contributed by atoms with Crippen LogP contribution in [0.2, 0.25) is 0 Å². The van der Waals surface area contributed by atoms with Crippen molar-refractivity contribution in [3.8, 4) is 11.8 Å². The maximum absolute atomic E-state index is 8.76. The number of ether oxygens (including phenoxy) is 1. The molecule has 18 heavy (non-hydrogen) atoms. The van der Waals surface area contributed by atoms with Crippen LogP contribution in [0.1, 0.15) is 38.2 Å². The Balaban J connectivity index is 1.98.